The monoisotopic (exact) mass is 418 g/mol. The Morgan fingerprint density at radius 1 is 1.07 bits per heavy atom. The second kappa shape index (κ2) is 8.95. The standard InChI is InChI=1S/C19H16Cl2N4O3/c1-3-5-11-10-12(19(26)27-2)6-7-13(11)28-14-15(20)24-18(25-16(14)21)17-22-8-4-9-23-17/h4,6-10H,3,5H2,1-2H3. The molecule has 0 saturated heterocycles. The Kier molecular flexibility index (Phi) is 6.38. The molecule has 0 N–H and O–H groups in total. The summed E-state index contributed by atoms with van der Waals surface area (Å²) in [6, 6.07) is 6.67. The van der Waals surface area contributed by atoms with Crippen molar-refractivity contribution in [2.75, 3.05) is 7.11 Å². The number of aromatic nitrogens is 4. The summed E-state index contributed by atoms with van der Waals surface area (Å²) in [4.78, 5) is 28.3. The van der Waals surface area contributed by atoms with E-state index in [4.69, 9.17) is 32.7 Å². The predicted molar refractivity (Wildman–Crippen MR) is 105 cm³/mol. The molecule has 0 amide bonds. The Balaban J connectivity index is 1.96. The second-order valence-corrected chi connectivity index (χ2v) is 6.41. The number of halogens is 2. The van der Waals surface area contributed by atoms with Gasteiger partial charge >= 0.3 is 5.97 Å². The van der Waals surface area contributed by atoms with Gasteiger partial charge in [0.1, 0.15) is 5.75 Å². The van der Waals surface area contributed by atoms with Gasteiger partial charge in [-0.3, -0.25) is 0 Å². The first-order valence-corrected chi connectivity index (χ1v) is 9.18. The van der Waals surface area contributed by atoms with Crippen molar-refractivity contribution >= 4 is 29.2 Å². The first kappa shape index (κ1) is 20.0. The van der Waals surface area contributed by atoms with Gasteiger partial charge in [0.05, 0.1) is 12.7 Å². The van der Waals surface area contributed by atoms with Crippen LogP contribution in [0.5, 0.6) is 11.5 Å². The molecule has 3 aromatic rings. The number of hydrogen-bond donors (Lipinski definition) is 0. The normalized spacial score (nSPS) is 10.6. The zero-order chi connectivity index (χ0) is 20.1. The van der Waals surface area contributed by atoms with Crippen LogP contribution in [-0.4, -0.2) is 33.0 Å². The molecular weight excluding hydrogens is 403 g/mol. The topological polar surface area (TPSA) is 87.1 Å². The van der Waals surface area contributed by atoms with Crippen LogP contribution < -0.4 is 4.74 Å². The minimum atomic E-state index is -0.421. The highest BCUT2D eigenvalue weighted by molar-refractivity contribution is 6.35. The highest BCUT2D eigenvalue weighted by Gasteiger charge is 2.18. The van der Waals surface area contributed by atoms with Crippen LogP contribution in [0.15, 0.2) is 36.7 Å². The maximum absolute atomic E-state index is 11.8. The van der Waals surface area contributed by atoms with Crippen LogP contribution in [0.1, 0.15) is 29.3 Å². The summed E-state index contributed by atoms with van der Waals surface area (Å²) in [6.45, 7) is 2.02. The fourth-order valence-electron chi connectivity index (χ4n) is 2.49. The fraction of sp³-hybridized carbons (Fsp3) is 0.211. The quantitative estimate of drug-likeness (QED) is 0.420. The van der Waals surface area contributed by atoms with E-state index in [9.17, 15) is 4.79 Å². The van der Waals surface area contributed by atoms with E-state index in [1.165, 1.54) is 7.11 Å². The first-order chi connectivity index (χ1) is 13.5. The van der Waals surface area contributed by atoms with Crippen molar-refractivity contribution in [3.05, 3.63) is 58.1 Å². The summed E-state index contributed by atoms with van der Waals surface area (Å²) in [7, 11) is 1.33. The van der Waals surface area contributed by atoms with Crippen LogP contribution in [-0.2, 0) is 11.2 Å². The summed E-state index contributed by atoms with van der Waals surface area (Å²) >= 11 is 12.6. The van der Waals surface area contributed by atoms with Gasteiger partial charge in [-0.2, -0.15) is 0 Å². The molecule has 0 radical (unpaired) electrons. The van der Waals surface area contributed by atoms with Gasteiger partial charge in [-0.05, 0) is 36.2 Å². The van der Waals surface area contributed by atoms with Gasteiger partial charge in [0.15, 0.2) is 16.1 Å². The highest BCUT2D eigenvalue weighted by atomic mass is 35.5. The van der Waals surface area contributed by atoms with Crippen LogP contribution in [0.25, 0.3) is 11.6 Å². The molecule has 0 fully saturated rings. The molecule has 0 aliphatic heterocycles. The maximum Gasteiger partial charge on any atom is 0.337 e. The summed E-state index contributed by atoms with van der Waals surface area (Å²) in [5.41, 5.74) is 1.25. The smallest absolute Gasteiger partial charge is 0.337 e. The van der Waals surface area contributed by atoms with E-state index in [1.54, 1.807) is 36.7 Å². The molecule has 28 heavy (non-hydrogen) atoms. The van der Waals surface area contributed by atoms with E-state index in [2.05, 4.69) is 19.9 Å². The molecule has 0 unspecified atom stereocenters. The minimum Gasteiger partial charge on any atom is -0.465 e. The van der Waals surface area contributed by atoms with E-state index in [1.807, 2.05) is 6.92 Å². The van der Waals surface area contributed by atoms with Crippen molar-refractivity contribution in [2.45, 2.75) is 19.8 Å². The number of ether oxygens (including phenoxy) is 2. The summed E-state index contributed by atoms with van der Waals surface area (Å²) in [6.07, 6.45) is 4.67. The lowest BCUT2D eigenvalue weighted by Gasteiger charge is -2.14. The molecule has 3 rings (SSSR count). The molecule has 0 aliphatic carbocycles. The lowest BCUT2D eigenvalue weighted by molar-refractivity contribution is 0.0600. The predicted octanol–water partition coefficient (Wildman–Crippen LogP) is 4.77. The van der Waals surface area contributed by atoms with Gasteiger partial charge in [0, 0.05) is 12.4 Å². The molecule has 0 spiro atoms. The third-order valence-electron chi connectivity index (χ3n) is 3.76. The molecule has 0 saturated carbocycles. The van der Waals surface area contributed by atoms with Gasteiger partial charge < -0.3 is 9.47 Å². The number of benzene rings is 1. The Labute approximate surface area is 171 Å². The Morgan fingerprint density at radius 3 is 2.36 bits per heavy atom. The zero-order valence-electron chi connectivity index (χ0n) is 15.1. The number of methoxy groups -OCH3 is 1. The number of carbonyl (C=O) groups excluding carboxylic acids is 1. The van der Waals surface area contributed by atoms with Crippen molar-refractivity contribution in [1.29, 1.82) is 0 Å². The van der Waals surface area contributed by atoms with E-state index < -0.39 is 5.97 Å². The van der Waals surface area contributed by atoms with Crippen LogP contribution in [0.2, 0.25) is 10.3 Å². The SMILES string of the molecule is CCCc1cc(C(=O)OC)ccc1Oc1c(Cl)nc(-c2ncccn2)nc1Cl. The summed E-state index contributed by atoms with van der Waals surface area (Å²) in [5.74, 6) is 0.692. The Hall–Kier alpha value is -2.77. The number of carbonyl (C=O) groups is 1. The van der Waals surface area contributed by atoms with Crippen molar-refractivity contribution in [2.24, 2.45) is 0 Å². The molecule has 144 valence electrons. The minimum absolute atomic E-state index is 0.0296. The molecular formula is C19H16Cl2N4O3. The molecule has 0 aliphatic rings. The molecule has 7 nitrogen and oxygen atoms in total. The Morgan fingerprint density at radius 2 is 1.75 bits per heavy atom. The van der Waals surface area contributed by atoms with Gasteiger partial charge in [0.25, 0.3) is 0 Å². The largest absolute Gasteiger partial charge is 0.465 e. The number of nitrogens with zero attached hydrogens (tertiary/aromatic N) is 4. The van der Waals surface area contributed by atoms with Gasteiger partial charge in [0.2, 0.25) is 11.6 Å². The van der Waals surface area contributed by atoms with Gasteiger partial charge in [-0.1, -0.05) is 36.5 Å². The Bertz CT molecular complexity index is 977. The van der Waals surface area contributed by atoms with Crippen molar-refractivity contribution < 1.29 is 14.3 Å². The third-order valence-corrected chi connectivity index (χ3v) is 4.27. The van der Waals surface area contributed by atoms with Crippen LogP contribution >= 0.6 is 23.2 Å². The maximum atomic E-state index is 11.8. The molecule has 0 bridgehead atoms. The van der Waals surface area contributed by atoms with E-state index in [0.29, 0.717) is 23.6 Å². The summed E-state index contributed by atoms with van der Waals surface area (Å²) in [5, 5.41) is 0.0592. The highest BCUT2D eigenvalue weighted by Crippen LogP contribution is 2.37. The van der Waals surface area contributed by atoms with Crippen molar-refractivity contribution in [3.63, 3.8) is 0 Å². The number of hydrogen-bond acceptors (Lipinski definition) is 7. The fourth-order valence-corrected chi connectivity index (χ4v) is 2.96. The van der Waals surface area contributed by atoms with Gasteiger partial charge in [-0.25, -0.2) is 24.7 Å². The van der Waals surface area contributed by atoms with Crippen LogP contribution in [0.3, 0.4) is 0 Å². The average molecular weight is 419 g/mol. The average Bonchev–Trinajstić information content (AvgIpc) is 2.71. The van der Waals surface area contributed by atoms with E-state index in [0.717, 1.165) is 12.0 Å². The van der Waals surface area contributed by atoms with Crippen molar-refractivity contribution in [1.82, 2.24) is 19.9 Å². The third kappa shape index (κ3) is 4.37. The van der Waals surface area contributed by atoms with Crippen LogP contribution in [0, 0.1) is 0 Å². The lowest BCUT2D eigenvalue weighted by Crippen LogP contribution is -2.04. The molecule has 1 aromatic carbocycles. The number of esters is 1. The summed E-state index contributed by atoms with van der Waals surface area (Å²) < 4.78 is 10.7. The zero-order valence-corrected chi connectivity index (χ0v) is 16.7. The number of aryl methyl sites for hydroxylation is 1. The molecule has 2 heterocycles. The van der Waals surface area contributed by atoms with E-state index in [-0.39, 0.29) is 21.9 Å². The number of rotatable bonds is 6. The van der Waals surface area contributed by atoms with Gasteiger partial charge in [-0.15, -0.1) is 0 Å². The first-order valence-electron chi connectivity index (χ1n) is 8.43. The van der Waals surface area contributed by atoms with E-state index >= 15 is 0 Å². The molecule has 9 heteroatoms. The van der Waals surface area contributed by atoms with Crippen molar-refractivity contribution in [3.8, 4) is 23.1 Å². The molecule has 0 atom stereocenters. The second-order valence-electron chi connectivity index (χ2n) is 5.70. The van der Waals surface area contributed by atoms with Crippen LogP contribution in [0.4, 0.5) is 0 Å². The lowest BCUT2D eigenvalue weighted by atomic mass is 10.1. The molecule has 2 aromatic heterocycles.